The number of aromatic amines is 1. The molecule has 2 aromatic heterocycles. The van der Waals surface area contributed by atoms with E-state index < -0.39 is 10.8 Å². The second kappa shape index (κ2) is 9.29. The number of fused-ring (bicyclic) bond motifs is 1. The second-order valence-electron chi connectivity index (χ2n) is 4.87. The molecule has 0 aliphatic rings. The molecule has 1 unspecified atom stereocenters. The molecule has 1 aromatic carbocycles. The maximum absolute atomic E-state index is 12.5. The summed E-state index contributed by atoms with van der Waals surface area (Å²) >= 11 is 0. The maximum atomic E-state index is 12.5. The fraction of sp³-hybridized carbons (Fsp3) is 0.250. The molecule has 1 N–H and O–H groups in total. The van der Waals surface area contributed by atoms with E-state index in [0.29, 0.717) is 29.8 Å². The second-order valence-corrected chi connectivity index (χ2v) is 6.24. The summed E-state index contributed by atoms with van der Waals surface area (Å²) in [6.45, 7) is 0.981. The van der Waals surface area contributed by atoms with E-state index in [1.807, 2.05) is 24.3 Å². The molecule has 0 aliphatic carbocycles. The summed E-state index contributed by atoms with van der Waals surface area (Å²) in [4.78, 5) is 11.7. The Morgan fingerprint density at radius 1 is 1.25 bits per heavy atom. The molecular formula is C16H18N3NaO3S. The standard InChI is InChI=1S/C16H17N3O3S.Na.H/c1-21-8-9-22-13-6-7-17-12(10-13)11-23(20)16-18-14-4-2-3-5-15(14)19-16;;/h2-7,10H,8-9,11H2,1H3,(H,18,19);;/q;+1;-1. The summed E-state index contributed by atoms with van der Waals surface area (Å²) < 4.78 is 23.0. The number of nitrogens with one attached hydrogen (secondary N) is 1. The Hall–Kier alpha value is -1.25. The quantitative estimate of drug-likeness (QED) is 0.453. The average Bonchev–Trinajstić information content (AvgIpc) is 3.00. The van der Waals surface area contributed by atoms with Gasteiger partial charge in [-0.15, -0.1) is 0 Å². The van der Waals surface area contributed by atoms with E-state index in [9.17, 15) is 4.21 Å². The van der Waals surface area contributed by atoms with Gasteiger partial charge in [0.05, 0.1) is 39.9 Å². The van der Waals surface area contributed by atoms with Crippen molar-refractivity contribution in [3.63, 3.8) is 0 Å². The average molecular weight is 355 g/mol. The van der Waals surface area contributed by atoms with Crippen LogP contribution in [0, 0.1) is 0 Å². The third kappa shape index (κ3) is 4.87. The van der Waals surface area contributed by atoms with Crippen molar-refractivity contribution >= 4 is 21.8 Å². The molecule has 2 heterocycles. The van der Waals surface area contributed by atoms with Gasteiger partial charge in [0.15, 0.2) is 5.16 Å². The topological polar surface area (TPSA) is 77.1 Å². The van der Waals surface area contributed by atoms with Crippen molar-refractivity contribution in [3.8, 4) is 5.75 Å². The van der Waals surface area contributed by atoms with Gasteiger partial charge in [-0.25, -0.2) is 4.98 Å². The maximum Gasteiger partial charge on any atom is 1.00 e. The normalized spacial score (nSPS) is 11.9. The first-order chi connectivity index (χ1) is 11.3. The third-order valence-electron chi connectivity index (χ3n) is 3.21. The van der Waals surface area contributed by atoms with Gasteiger partial charge in [0.1, 0.15) is 12.4 Å². The van der Waals surface area contributed by atoms with E-state index in [-0.39, 0.29) is 36.7 Å². The predicted molar refractivity (Wildman–Crippen MR) is 88.9 cm³/mol. The Balaban J connectivity index is 0.00000156. The van der Waals surface area contributed by atoms with Crippen LogP contribution < -0.4 is 34.3 Å². The van der Waals surface area contributed by atoms with E-state index in [0.717, 1.165) is 11.0 Å². The predicted octanol–water partition coefficient (Wildman–Crippen LogP) is -0.593. The van der Waals surface area contributed by atoms with Gasteiger partial charge in [0.25, 0.3) is 0 Å². The molecule has 0 aliphatic heterocycles. The number of benzene rings is 1. The SMILES string of the molecule is COCCOc1ccnc(CS(=O)c2nc3ccccc3[nH]2)c1.[H-].[Na+]. The number of pyridine rings is 1. The molecule has 3 rings (SSSR count). The minimum atomic E-state index is -1.29. The smallest absolute Gasteiger partial charge is 1.00 e. The number of aromatic nitrogens is 3. The van der Waals surface area contributed by atoms with Crippen molar-refractivity contribution in [1.82, 2.24) is 15.0 Å². The molecular weight excluding hydrogens is 337 g/mol. The van der Waals surface area contributed by atoms with E-state index >= 15 is 0 Å². The van der Waals surface area contributed by atoms with Crippen LogP contribution >= 0.6 is 0 Å². The zero-order valence-electron chi connectivity index (χ0n) is 14.7. The number of nitrogens with zero attached hydrogens (tertiary/aromatic N) is 2. The molecule has 0 bridgehead atoms. The Morgan fingerprint density at radius 3 is 2.88 bits per heavy atom. The van der Waals surface area contributed by atoms with Crippen molar-refractivity contribution in [2.75, 3.05) is 20.3 Å². The molecule has 6 nitrogen and oxygen atoms in total. The number of imidazole rings is 1. The van der Waals surface area contributed by atoms with Crippen LogP contribution in [0.5, 0.6) is 5.75 Å². The Bertz CT molecular complexity index is 798. The van der Waals surface area contributed by atoms with Gasteiger partial charge >= 0.3 is 29.6 Å². The number of hydrogen-bond donors (Lipinski definition) is 1. The molecule has 0 spiro atoms. The van der Waals surface area contributed by atoms with Crippen LogP contribution in [-0.4, -0.2) is 39.5 Å². The van der Waals surface area contributed by atoms with Crippen molar-refractivity contribution in [1.29, 1.82) is 0 Å². The molecule has 0 amide bonds. The summed E-state index contributed by atoms with van der Waals surface area (Å²) in [5.74, 6) is 0.968. The summed E-state index contributed by atoms with van der Waals surface area (Å²) in [5.41, 5.74) is 2.37. The minimum Gasteiger partial charge on any atom is -1.00 e. The molecule has 8 heteroatoms. The van der Waals surface area contributed by atoms with Crippen LogP contribution in [0.1, 0.15) is 7.12 Å². The fourth-order valence-corrected chi connectivity index (χ4v) is 3.09. The van der Waals surface area contributed by atoms with Gasteiger partial charge in [-0.1, -0.05) is 12.1 Å². The van der Waals surface area contributed by atoms with Gasteiger partial charge < -0.3 is 15.9 Å². The van der Waals surface area contributed by atoms with E-state index in [2.05, 4.69) is 15.0 Å². The van der Waals surface area contributed by atoms with Crippen molar-refractivity contribution < 1.29 is 44.7 Å². The summed E-state index contributed by atoms with van der Waals surface area (Å²) in [6.07, 6.45) is 1.65. The summed E-state index contributed by atoms with van der Waals surface area (Å²) in [5, 5.41) is 0.457. The number of methoxy groups -OCH3 is 1. The van der Waals surface area contributed by atoms with Crippen molar-refractivity contribution in [3.05, 3.63) is 48.3 Å². The largest absolute Gasteiger partial charge is 1.00 e. The first kappa shape index (κ1) is 19.1. The number of rotatable bonds is 7. The van der Waals surface area contributed by atoms with Crippen LogP contribution in [0.3, 0.4) is 0 Å². The molecule has 24 heavy (non-hydrogen) atoms. The fourth-order valence-electron chi connectivity index (χ4n) is 2.11. The molecule has 0 saturated heterocycles. The van der Waals surface area contributed by atoms with Crippen LogP contribution in [-0.2, 0) is 21.3 Å². The Kier molecular flexibility index (Phi) is 7.39. The van der Waals surface area contributed by atoms with E-state index in [1.54, 1.807) is 25.4 Å². The summed E-state index contributed by atoms with van der Waals surface area (Å²) in [6, 6.07) is 11.2. The van der Waals surface area contributed by atoms with Gasteiger partial charge in [-0.3, -0.25) is 9.19 Å². The monoisotopic (exact) mass is 355 g/mol. The van der Waals surface area contributed by atoms with Crippen LogP contribution in [0.25, 0.3) is 11.0 Å². The molecule has 3 aromatic rings. The molecule has 0 radical (unpaired) electrons. The minimum absolute atomic E-state index is 0. The summed E-state index contributed by atoms with van der Waals surface area (Å²) in [7, 11) is 0.331. The zero-order valence-corrected chi connectivity index (χ0v) is 16.5. The number of H-pyrrole nitrogens is 1. The van der Waals surface area contributed by atoms with Gasteiger partial charge in [0, 0.05) is 19.4 Å². The first-order valence-corrected chi connectivity index (χ1v) is 8.48. The van der Waals surface area contributed by atoms with Crippen molar-refractivity contribution in [2.24, 2.45) is 0 Å². The van der Waals surface area contributed by atoms with Gasteiger partial charge in [-0.2, -0.15) is 0 Å². The first-order valence-electron chi connectivity index (χ1n) is 7.16. The van der Waals surface area contributed by atoms with Crippen LogP contribution in [0.4, 0.5) is 0 Å². The van der Waals surface area contributed by atoms with Crippen LogP contribution in [0.15, 0.2) is 47.8 Å². The van der Waals surface area contributed by atoms with Gasteiger partial charge in [0.2, 0.25) is 0 Å². The third-order valence-corrected chi connectivity index (χ3v) is 4.39. The van der Waals surface area contributed by atoms with Crippen molar-refractivity contribution in [2.45, 2.75) is 10.9 Å². The molecule has 0 fully saturated rings. The number of ether oxygens (including phenoxy) is 2. The number of para-hydroxylation sites is 2. The Morgan fingerprint density at radius 2 is 2.08 bits per heavy atom. The number of hydrogen-bond acceptors (Lipinski definition) is 5. The van der Waals surface area contributed by atoms with Crippen LogP contribution in [0.2, 0.25) is 0 Å². The zero-order chi connectivity index (χ0) is 16.1. The molecule has 122 valence electrons. The van der Waals surface area contributed by atoms with E-state index in [1.165, 1.54) is 0 Å². The Labute approximate surface area is 166 Å². The van der Waals surface area contributed by atoms with E-state index in [4.69, 9.17) is 9.47 Å². The molecule has 0 saturated carbocycles. The molecule has 1 atom stereocenters. The van der Waals surface area contributed by atoms with Gasteiger partial charge in [-0.05, 0) is 18.2 Å².